The van der Waals surface area contributed by atoms with Crippen molar-refractivity contribution in [3.05, 3.63) is 48.2 Å². The largest absolute Gasteiger partial charge is 0.361 e. The fourth-order valence-corrected chi connectivity index (χ4v) is 6.21. The first kappa shape index (κ1) is 19.1. The molecule has 1 aromatic carbocycles. The number of hydrogen-bond acceptors (Lipinski definition) is 3. The lowest BCUT2D eigenvalue weighted by molar-refractivity contribution is -0.137. The number of amides is 2. The van der Waals surface area contributed by atoms with Gasteiger partial charge in [0.1, 0.15) is 5.60 Å². The third kappa shape index (κ3) is 3.03. The van der Waals surface area contributed by atoms with Crippen molar-refractivity contribution in [1.82, 2.24) is 15.2 Å². The van der Waals surface area contributed by atoms with Gasteiger partial charge >= 0.3 is 0 Å². The molecule has 3 fully saturated rings. The zero-order chi connectivity index (χ0) is 21.0. The maximum Gasteiger partial charge on any atom is 0.230 e. The minimum Gasteiger partial charge on any atom is -0.361 e. The molecule has 4 aliphatic rings. The van der Waals surface area contributed by atoms with E-state index in [9.17, 15) is 9.59 Å². The van der Waals surface area contributed by atoms with Crippen molar-refractivity contribution < 1.29 is 14.3 Å². The van der Waals surface area contributed by atoms with Crippen LogP contribution >= 0.6 is 0 Å². The average Bonchev–Trinajstić information content (AvgIpc) is 3.53. The molecule has 2 bridgehead atoms. The van der Waals surface area contributed by atoms with Gasteiger partial charge in [0.2, 0.25) is 11.8 Å². The predicted octanol–water partition coefficient (Wildman–Crippen LogP) is 2.94. The van der Waals surface area contributed by atoms with Crippen LogP contribution in [0.15, 0.2) is 42.6 Å². The van der Waals surface area contributed by atoms with Crippen LogP contribution in [0.25, 0.3) is 10.9 Å². The van der Waals surface area contributed by atoms with Gasteiger partial charge in [0, 0.05) is 29.7 Å². The van der Waals surface area contributed by atoms with E-state index < -0.39 is 17.4 Å². The monoisotopic (exact) mass is 419 g/mol. The van der Waals surface area contributed by atoms with Crippen molar-refractivity contribution >= 4 is 22.7 Å². The Kier molecular flexibility index (Phi) is 4.46. The van der Waals surface area contributed by atoms with E-state index in [4.69, 9.17) is 4.74 Å². The first-order valence-corrected chi connectivity index (χ1v) is 11.7. The van der Waals surface area contributed by atoms with Crippen molar-refractivity contribution in [2.75, 3.05) is 13.1 Å². The Balaban J connectivity index is 1.17. The fraction of sp³-hybridized carbons (Fsp3) is 0.520. The van der Waals surface area contributed by atoms with E-state index in [1.165, 1.54) is 30.2 Å². The number of carbonyl (C=O) groups excluding carboxylic acids is 2. The highest BCUT2D eigenvalue weighted by molar-refractivity contribution is 5.93. The van der Waals surface area contributed by atoms with E-state index in [-0.39, 0.29) is 24.0 Å². The minimum absolute atomic E-state index is 0.0000430. The molecule has 4 atom stereocenters. The van der Waals surface area contributed by atoms with Crippen molar-refractivity contribution in [1.29, 1.82) is 0 Å². The Morgan fingerprint density at radius 3 is 2.94 bits per heavy atom. The van der Waals surface area contributed by atoms with Crippen LogP contribution in [0.5, 0.6) is 0 Å². The van der Waals surface area contributed by atoms with Crippen molar-refractivity contribution in [3.8, 4) is 0 Å². The van der Waals surface area contributed by atoms with Gasteiger partial charge < -0.3 is 19.9 Å². The standard InChI is InChI=1S/C25H29N3O3/c29-23(27-17-6-2-1-3-7-17)21-20-10-12-25(31-20)15-28(24(30)22(21)25)13-11-16-14-26-19-9-5-4-8-18(16)19/h4-5,8-10,12,14,17,20-22,26H,1-3,6-7,11,13,15H2,(H,27,29)/t20-,21-,22+,25+/m0/s1. The van der Waals surface area contributed by atoms with E-state index >= 15 is 0 Å². The summed E-state index contributed by atoms with van der Waals surface area (Å²) in [6, 6.07) is 8.48. The van der Waals surface area contributed by atoms with Gasteiger partial charge in [0.25, 0.3) is 0 Å². The topological polar surface area (TPSA) is 74.4 Å². The van der Waals surface area contributed by atoms with Gasteiger partial charge in [-0.15, -0.1) is 0 Å². The number of carbonyl (C=O) groups is 2. The van der Waals surface area contributed by atoms with E-state index in [0.29, 0.717) is 13.1 Å². The highest BCUT2D eigenvalue weighted by atomic mass is 16.5. The van der Waals surface area contributed by atoms with Crippen LogP contribution in [-0.2, 0) is 20.7 Å². The zero-order valence-corrected chi connectivity index (χ0v) is 17.7. The second-order valence-electron chi connectivity index (χ2n) is 9.61. The highest BCUT2D eigenvalue weighted by Gasteiger charge is 2.66. The van der Waals surface area contributed by atoms with Crippen LogP contribution in [0.2, 0.25) is 0 Å². The smallest absolute Gasteiger partial charge is 0.230 e. The van der Waals surface area contributed by atoms with Gasteiger partial charge in [-0.1, -0.05) is 49.6 Å². The van der Waals surface area contributed by atoms with Gasteiger partial charge in [-0.3, -0.25) is 9.59 Å². The Bertz CT molecular complexity index is 1050. The number of para-hydroxylation sites is 1. The number of aromatic nitrogens is 1. The quantitative estimate of drug-likeness (QED) is 0.732. The van der Waals surface area contributed by atoms with Gasteiger partial charge in [-0.25, -0.2) is 0 Å². The number of nitrogens with one attached hydrogen (secondary N) is 2. The number of H-pyrrole nitrogens is 1. The summed E-state index contributed by atoms with van der Waals surface area (Å²) in [5.41, 5.74) is 1.70. The highest BCUT2D eigenvalue weighted by Crippen LogP contribution is 2.52. The molecule has 1 saturated carbocycles. The van der Waals surface area contributed by atoms with Gasteiger partial charge in [-0.05, 0) is 30.9 Å². The molecule has 2 amide bonds. The molecular formula is C25H29N3O3. The summed E-state index contributed by atoms with van der Waals surface area (Å²) in [6.45, 7) is 1.18. The summed E-state index contributed by atoms with van der Waals surface area (Å²) in [4.78, 5) is 31.8. The number of ether oxygens (including phenoxy) is 1. The lowest BCUT2D eigenvalue weighted by atomic mass is 9.76. The van der Waals surface area contributed by atoms with E-state index in [2.05, 4.69) is 22.4 Å². The summed E-state index contributed by atoms with van der Waals surface area (Å²) in [5.74, 6) is -0.734. The molecule has 162 valence electrons. The second-order valence-corrected chi connectivity index (χ2v) is 9.61. The molecular weight excluding hydrogens is 390 g/mol. The number of nitrogens with zero attached hydrogens (tertiary/aromatic N) is 1. The van der Waals surface area contributed by atoms with Crippen molar-refractivity contribution in [2.45, 2.75) is 56.3 Å². The van der Waals surface area contributed by atoms with Crippen LogP contribution in [-0.4, -0.2) is 52.5 Å². The Morgan fingerprint density at radius 1 is 1.23 bits per heavy atom. The molecule has 0 radical (unpaired) electrons. The number of rotatable bonds is 5. The van der Waals surface area contributed by atoms with Crippen molar-refractivity contribution in [2.24, 2.45) is 11.8 Å². The van der Waals surface area contributed by atoms with Crippen LogP contribution in [0.1, 0.15) is 37.7 Å². The number of likely N-dealkylation sites (tertiary alicyclic amines) is 1. The SMILES string of the molecule is O=C(NC1CCCCC1)[C@H]1[C@@H]2C=C[C@]3(CN(CCc4c[nH]c5ccccc45)C(=O)[C@@H]13)O2. The summed E-state index contributed by atoms with van der Waals surface area (Å²) in [6.07, 6.45) is 12.3. The first-order valence-electron chi connectivity index (χ1n) is 11.7. The molecule has 2 saturated heterocycles. The molecule has 2 aromatic rings. The molecule has 6 heteroatoms. The van der Waals surface area contributed by atoms with E-state index in [1.807, 2.05) is 35.4 Å². The third-order valence-corrected chi connectivity index (χ3v) is 7.76. The number of hydrogen-bond donors (Lipinski definition) is 2. The Labute approximate surface area is 182 Å². The number of aromatic amines is 1. The summed E-state index contributed by atoms with van der Waals surface area (Å²) in [5, 5.41) is 4.44. The lowest BCUT2D eigenvalue weighted by Gasteiger charge is -2.28. The summed E-state index contributed by atoms with van der Waals surface area (Å²) < 4.78 is 6.27. The predicted molar refractivity (Wildman–Crippen MR) is 117 cm³/mol. The molecule has 3 aliphatic heterocycles. The minimum atomic E-state index is -0.628. The molecule has 6 rings (SSSR count). The van der Waals surface area contributed by atoms with Gasteiger partial charge in [0.15, 0.2) is 0 Å². The van der Waals surface area contributed by atoms with E-state index in [1.54, 1.807) is 0 Å². The van der Waals surface area contributed by atoms with Crippen molar-refractivity contribution in [3.63, 3.8) is 0 Å². The van der Waals surface area contributed by atoms with Crippen LogP contribution in [0.4, 0.5) is 0 Å². The molecule has 6 nitrogen and oxygen atoms in total. The van der Waals surface area contributed by atoms with Crippen LogP contribution in [0, 0.1) is 11.8 Å². The average molecular weight is 420 g/mol. The first-order chi connectivity index (χ1) is 15.1. The Morgan fingerprint density at radius 2 is 2.06 bits per heavy atom. The Hall–Kier alpha value is -2.60. The second kappa shape index (κ2) is 7.23. The molecule has 2 N–H and O–H groups in total. The van der Waals surface area contributed by atoms with Crippen LogP contribution < -0.4 is 5.32 Å². The third-order valence-electron chi connectivity index (χ3n) is 7.76. The molecule has 1 aliphatic carbocycles. The van der Waals surface area contributed by atoms with Gasteiger partial charge in [-0.2, -0.15) is 0 Å². The lowest BCUT2D eigenvalue weighted by Crippen LogP contribution is -2.47. The zero-order valence-electron chi connectivity index (χ0n) is 17.7. The summed E-state index contributed by atoms with van der Waals surface area (Å²) in [7, 11) is 0. The molecule has 1 spiro atoms. The maximum atomic E-state index is 13.4. The van der Waals surface area contributed by atoms with E-state index in [0.717, 1.165) is 24.8 Å². The molecule has 4 heterocycles. The normalized spacial score (nSPS) is 32.2. The molecule has 1 aromatic heterocycles. The maximum absolute atomic E-state index is 13.4. The summed E-state index contributed by atoms with van der Waals surface area (Å²) >= 11 is 0. The number of benzene rings is 1. The molecule has 0 unspecified atom stereocenters. The fourth-order valence-electron chi connectivity index (χ4n) is 6.21. The van der Waals surface area contributed by atoms with Crippen LogP contribution in [0.3, 0.4) is 0 Å². The number of fused-ring (bicyclic) bond motifs is 2. The van der Waals surface area contributed by atoms with Gasteiger partial charge in [0.05, 0.1) is 24.5 Å². The molecule has 31 heavy (non-hydrogen) atoms.